The summed E-state index contributed by atoms with van der Waals surface area (Å²) in [5, 5.41) is 38.7. The fraction of sp³-hybridized carbons (Fsp3) is 0.526. The van der Waals surface area contributed by atoms with Crippen LogP contribution < -0.4 is 54.0 Å². The van der Waals surface area contributed by atoms with Gasteiger partial charge in [0, 0.05) is 24.7 Å². The summed E-state index contributed by atoms with van der Waals surface area (Å²) in [4.78, 5) is 122. The van der Waals surface area contributed by atoms with E-state index in [1.54, 1.807) is 44.2 Å². The van der Waals surface area contributed by atoms with E-state index in [-0.39, 0.29) is 25.8 Å². The van der Waals surface area contributed by atoms with Gasteiger partial charge in [0.1, 0.15) is 36.8 Å². The molecule has 1 aromatic heterocycles. The van der Waals surface area contributed by atoms with Crippen LogP contribution in [0.5, 0.6) is 0 Å². The van der Waals surface area contributed by atoms with Crippen LogP contribution >= 0.6 is 0 Å². The van der Waals surface area contributed by atoms with E-state index in [1.165, 1.54) is 19.4 Å². The summed E-state index contributed by atoms with van der Waals surface area (Å²) in [6.07, 6.45) is 2.11. The van der Waals surface area contributed by atoms with Gasteiger partial charge in [0.2, 0.25) is 47.3 Å². The number of hydrogen-bond acceptors (Lipinski definition) is 13. The molecule has 6 atom stereocenters. The van der Waals surface area contributed by atoms with Gasteiger partial charge in [-0.05, 0) is 44.2 Å². The van der Waals surface area contributed by atoms with Gasteiger partial charge in [0.25, 0.3) is 0 Å². The van der Waals surface area contributed by atoms with E-state index >= 15 is 0 Å². The lowest BCUT2D eigenvalue weighted by Gasteiger charge is -2.29. The molecule has 2 rings (SSSR count). The molecule has 1 heterocycles. The van der Waals surface area contributed by atoms with Crippen LogP contribution in [0.2, 0.25) is 0 Å². The van der Waals surface area contributed by atoms with Crippen molar-refractivity contribution in [1.82, 2.24) is 52.5 Å². The van der Waals surface area contributed by atoms with Gasteiger partial charge in [-0.25, -0.2) is 4.98 Å². The Bertz CT molecular complexity index is 1780. The van der Waals surface area contributed by atoms with E-state index < -0.39 is 115 Å². The number of nitrogens with one attached hydrogen (secondary N) is 9. The molecular weight excluding hydrogens is 800 g/mol. The second-order valence-corrected chi connectivity index (χ2v) is 14.3. The SMILES string of the molecule is CC(C)[C@H](NC(=O)[C@@H](NC(=O)CNC(=O)CN)[C@@H](C)O)C(=O)N[C@@H](Cc1cnc[nH]1)C(=O)N[C@@H](Cc1ccccc1)C(=O)N[C@@H](CCCCN)C(=O)NCC(=O)NCC(=O)O. The van der Waals surface area contributed by atoms with Gasteiger partial charge < -0.3 is 69.2 Å². The van der Waals surface area contributed by atoms with E-state index in [1.807, 2.05) is 0 Å². The fourth-order valence-electron chi connectivity index (χ4n) is 5.64. The van der Waals surface area contributed by atoms with E-state index in [0.717, 1.165) is 0 Å². The van der Waals surface area contributed by atoms with Crippen LogP contribution in [-0.4, -0.2) is 142 Å². The molecular formula is C38H58N12O11. The number of carboxylic acid groups (broad SMARTS) is 1. The van der Waals surface area contributed by atoms with Crippen molar-refractivity contribution in [2.24, 2.45) is 17.4 Å². The highest BCUT2D eigenvalue weighted by molar-refractivity contribution is 5.97. The molecule has 1 aromatic carbocycles. The molecule has 0 radical (unpaired) electrons. The van der Waals surface area contributed by atoms with Crippen LogP contribution in [0.4, 0.5) is 0 Å². The van der Waals surface area contributed by atoms with Crippen molar-refractivity contribution in [1.29, 1.82) is 0 Å². The standard InChI is InChI=1S/C38H58N12O11/c1-21(2)32(50-38(61)33(22(3)51)49-30(54)18-42-28(52)15-40)37(60)48-27(14-24-16-41-20-45-24)36(59)47-26(13-23-9-5-4-6-10-23)35(58)46-25(11-7-8-12-39)34(57)44-17-29(53)43-19-31(55)56/h4-6,9-10,16,20-22,25-27,32-33,51H,7-8,11-15,17-19,39-40H2,1-3H3,(H,41,45)(H,42,52)(H,43,53)(H,44,57)(H,46,58)(H,47,59)(H,48,60)(H,49,54)(H,50,61)(H,55,56)/t22-,25+,26+,27+,32+,33+/m1/s1. The molecule has 0 aliphatic carbocycles. The molecule has 0 fully saturated rings. The lowest BCUT2D eigenvalue weighted by molar-refractivity contribution is -0.138. The van der Waals surface area contributed by atoms with Crippen LogP contribution in [0.15, 0.2) is 42.9 Å². The maximum Gasteiger partial charge on any atom is 0.322 e. The number of aromatic amines is 1. The molecule has 0 aliphatic heterocycles. The predicted molar refractivity (Wildman–Crippen MR) is 217 cm³/mol. The third-order valence-corrected chi connectivity index (χ3v) is 8.93. The smallest absolute Gasteiger partial charge is 0.322 e. The van der Waals surface area contributed by atoms with Gasteiger partial charge in [-0.1, -0.05) is 44.2 Å². The zero-order chi connectivity index (χ0) is 45.5. The highest BCUT2D eigenvalue weighted by Gasteiger charge is 2.35. The molecule has 0 aliphatic rings. The van der Waals surface area contributed by atoms with Gasteiger partial charge in [-0.3, -0.25) is 43.2 Å². The molecule has 2 aromatic rings. The average molecular weight is 859 g/mol. The summed E-state index contributed by atoms with van der Waals surface area (Å²) >= 11 is 0. The van der Waals surface area contributed by atoms with Crippen molar-refractivity contribution < 1.29 is 53.4 Å². The number of nitrogens with zero attached hydrogens (tertiary/aromatic N) is 1. The van der Waals surface area contributed by atoms with Crippen molar-refractivity contribution in [2.45, 2.75) is 89.2 Å². The third kappa shape index (κ3) is 19.0. The number of amides is 8. The fourth-order valence-corrected chi connectivity index (χ4v) is 5.64. The molecule has 15 N–H and O–H groups in total. The number of aliphatic hydroxyl groups excluding tert-OH is 1. The number of nitrogens with two attached hydrogens (primary N) is 2. The maximum absolute atomic E-state index is 14.2. The highest BCUT2D eigenvalue weighted by atomic mass is 16.4. The first kappa shape index (κ1) is 50.7. The van der Waals surface area contributed by atoms with Crippen molar-refractivity contribution in [3.8, 4) is 0 Å². The first-order chi connectivity index (χ1) is 28.9. The molecule has 8 amide bonds. The summed E-state index contributed by atoms with van der Waals surface area (Å²) in [6, 6.07) is 1.85. The average Bonchev–Trinajstić information content (AvgIpc) is 3.74. The zero-order valence-electron chi connectivity index (χ0n) is 34.3. The van der Waals surface area contributed by atoms with Crippen molar-refractivity contribution in [2.75, 3.05) is 32.7 Å². The maximum atomic E-state index is 14.2. The number of benzene rings is 1. The first-order valence-electron chi connectivity index (χ1n) is 19.6. The summed E-state index contributed by atoms with van der Waals surface area (Å²) in [5.74, 6) is -8.25. The summed E-state index contributed by atoms with van der Waals surface area (Å²) in [7, 11) is 0. The minimum atomic E-state index is -1.55. The molecule has 0 bridgehead atoms. The van der Waals surface area contributed by atoms with E-state index in [2.05, 4.69) is 52.5 Å². The summed E-state index contributed by atoms with van der Waals surface area (Å²) in [5.41, 5.74) is 11.9. The van der Waals surface area contributed by atoms with Gasteiger partial charge in [-0.2, -0.15) is 0 Å². The van der Waals surface area contributed by atoms with Crippen molar-refractivity contribution in [3.63, 3.8) is 0 Å². The molecule has 23 nitrogen and oxygen atoms in total. The predicted octanol–water partition coefficient (Wildman–Crippen LogP) is -4.82. The monoisotopic (exact) mass is 858 g/mol. The normalized spacial score (nSPS) is 13.8. The number of aliphatic carboxylic acids is 1. The van der Waals surface area contributed by atoms with Crippen LogP contribution in [0.3, 0.4) is 0 Å². The van der Waals surface area contributed by atoms with Gasteiger partial charge in [-0.15, -0.1) is 0 Å². The Morgan fingerprint density at radius 1 is 0.656 bits per heavy atom. The van der Waals surface area contributed by atoms with E-state index in [4.69, 9.17) is 16.6 Å². The van der Waals surface area contributed by atoms with Crippen molar-refractivity contribution >= 4 is 53.2 Å². The lowest BCUT2D eigenvalue weighted by atomic mass is 10.0. The quantitative estimate of drug-likeness (QED) is 0.0375. The second kappa shape index (κ2) is 26.6. The molecule has 61 heavy (non-hydrogen) atoms. The largest absolute Gasteiger partial charge is 0.480 e. The number of unbranched alkanes of at least 4 members (excludes halogenated alkanes) is 1. The van der Waals surface area contributed by atoms with Crippen molar-refractivity contribution in [3.05, 3.63) is 54.1 Å². The minimum absolute atomic E-state index is 0.0646. The van der Waals surface area contributed by atoms with Gasteiger partial charge in [0.05, 0.1) is 32.1 Å². The number of carboxylic acids is 1. The number of rotatable bonds is 27. The number of carbonyl (C=O) groups excluding carboxylic acids is 8. The Morgan fingerprint density at radius 2 is 1.25 bits per heavy atom. The van der Waals surface area contributed by atoms with E-state index in [9.17, 15) is 48.3 Å². The third-order valence-electron chi connectivity index (χ3n) is 8.93. The summed E-state index contributed by atoms with van der Waals surface area (Å²) < 4.78 is 0. The molecule has 0 spiro atoms. The zero-order valence-corrected chi connectivity index (χ0v) is 34.3. The van der Waals surface area contributed by atoms with Gasteiger partial charge >= 0.3 is 5.97 Å². The molecule has 0 saturated carbocycles. The van der Waals surface area contributed by atoms with Crippen LogP contribution in [0.1, 0.15) is 51.3 Å². The van der Waals surface area contributed by atoms with Crippen LogP contribution in [0, 0.1) is 5.92 Å². The van der Waals surface area contributed by atoms with Gasteiger partial charge in [0.15, 0.2) is 0 Å². The number of hydrogen-bond donors (Lipinski definition) is 13. The number of H-pyrrole nitrogens is 1. The lowest BCUT2D eigenvalue weighted by Crippen LogP contribution is -2.62. The number of aromatic nitrogens is 2. The Morgan fingerprint density at radius 3 is 1.82 bits per heavy atom. The Labute approximate surface area is 352 Å². The Kier molecular flexibility index (Phi) is 22.1. The topological polar surface area (TPSA) is 371 Å². The summed E-state index contributed by atoms with van der Waals surface area (Å²) in [6.45, 7) is 2.59. The number of imidazole rings is 1. The first-order valence-corrected chi connectivity index (χ1v) is 19.6. The van der Waals surface area contributed by atoms with Crippen LogP contribution in [0.25, 0.3) is 0 Å². The molecule has 0 unspecified atom stereocenters. The number of aliphatic hydroxyl groups is 1. The number of carbonyl (C=O) groups is 9. The van der Waals surface area contributed by atoms with Crippen LogP contribution in [-0.2, 0) is 56.0 Å². The highest BCUT2D eigenvalue weighted by Crippen LogP contribution is 2.10. The molecule has 23 heteroatoms. The molecule has 0 saturated heterocycles. The minimum Gasteiger partial charge on any atom is -0.480 e. The Balaban J connectivity index is 2.36. The second-order valence-electron chi connectivity index (χ2n) is 14.3. The Hall–Kier alpha value is -6.46. The molecule has 336 valence electrons. The van der Waals surface area contributed by atoms with E-state index in [0.29, 0.717) is 30.6 Å².